The minimum Gasteiger partial charge on any atom is -0.793 e. The van der Waals surface area contributed by atoms with Crippen LogP contribution in [0.25, 0.3) is 0 Å². The maximum Gasteiger partial charge on any atom is 2.00 e. The summed E-state index contributed by atoms with van der Waals surface area (Å²) in [5.74, 6) is 0. The summed E-state index contributed by atoms with van der Waals surface area (Å²) >= 11 is 12.0. The largest absolute Gasteiger partial charge is 2.00 e. The Morgan fingerprint density at radius 3 is 1.24 bits per heavy atom. The van der Waals surface area contributed by atoms with Crippen LogP contribution >= 0.6 is 34.2 Å². The van der Waals surface area contributed by atoms with Gasteiger partial charge in [-0.05, 0) is 38.2 Å². The van der Waals surface area contributed by atoms with Crippen LogP contribution in [0.5, 0.6) is 0 Å². The van der Waals surface area contributed by atoms with E-state index in [4.69, 9.17) is 32.7 Å². The Labute approximate surface area is 184 Å². The van der Waals surface area contributed by atoms with E-state index in [1.807, 2.05) is 0 Å². The first-order chi connectivity index (χ1) is 11.3. The van der Waals surface area contributed by atoms with Gasteiger partial charge in [-0.1, -0.05) is 62.1 Å². The van der Waals surface area contributed by atoms with Crippen molar-refractivity contribution in [3.63, 3.8) is 0 Å². The van der Waals surface area contributed by atoms with E-state index < -0.39 is 11.4 Å². The molecule has 25 heavy (non-hydrogen) atoms. The molecule has 2 atom stereocenters. The maximum atomic E-state index is 11.4. The Morgan fingerprint density at radius 1 is 0.720 bits per heavy atom. The molecule has 2 unspecified atom stereocenters. The number of hydrogen-bond donors (Lipinski definition) is 0. The molecule has 0 spiro atoms. The Hall–Kier alpha value is 2.46. The van der Waals surface area contributed by atoms with Crippen LogP contribution in [0.2, 0.25) is 0 Å². The van der Waals surface area contributed by atoms with E-state index in [-0.39, 0.29) is 31.7 Å². The van der Waals surface area contributed by atoms with Crippen molar-refractivity contribution in [3.05, 3.63) is 0 Å². The van der Waals surface area contributed by atoms with Crippen molar-refractivity contribution in [3.8, 4) is 0 Å². The van der Waals surface area contributed by atoms with Gasteiger partial charge in [0.15, 0.2) is 0 Å². The van der Waals surface area contributed by atoms with Crippen molar-refractivity contribution in [2.24, 2.45) is 0 Å². The van der Waals surface area contributed by atoms with E-state index in [1.54, 1.807) is 12.5 Å². The summed E-state index contributed by atoms with van der Waals surface area (Å²) in [7, 11) is 0. The van der Waals surface area contributed by atoms with Crippen molar-refractivity contribution in [1.82, 2.24) is 0 Å². The topological polar surface area (TPSA) is 64.6 Å². The first-order valence-corrected chi connectivity index (χ1v) is 17.3. The molecule has 0 bridgehead atoms. The molecular formula is C14H28O4P2S4Zn. The normalized spacial score (nSPS) is 24.2. The van der Waals surface area contributed by atoms with E-state index in [0.29, 0.717) is 0 Å². The van der Waals surface area contributed by atoms with Gasteiger partial charge in [0.25, 0.3) is 0 Å². The van der Waals surface area contributed by atoms with Gasteiger partial charge in [0.05, 0.1) is 12.2 Å². The van der Waals surface area contributed by atoms with Gasteiger partial charge in [-0.3, -0.25) is 0 Å². The van der Waals surface area contributed by atoms with Gasteiger partial charge in [0, 0.05) is 11.4 Å². The average Bonchev–Trinajstić information content (AvgIpc) is 2.57. The van der Waals surface area contributed by atoms with Crippen LogP contribution < -0.4 is 9.79 Å². The molecule has 0 amide bonds. The fraction of sp³-hybridized carbons (Fsp3) is 1.00. The SMILES string of the molecule is CSP([O-])(=S)OC1CCCCC1.CSP([O-])(=S)OC1CCCCC1.[Zn+2]. The summed E-state index contributed by atoms with van der Waals surface area (Å²) in [6.07, 6.45) is 15.2. The van der Waals surface area contributed by atoms with E-state index >= 15 is 0 Å². The summed E-state index contributed by atoms with van der Waals surface area (Å²) in [5.41, 5.74) is -5.48. The molecule has 144 valence electrons. The van der Waals surface area contributed by atoms with E-state index in [2.05, 4.69) is 0 Å². The Kier molecular flexibility index (Phi) is 15.9. The smallest absolute Gasteiger partial charge is 0.793 e. The van der Waals surface area contributed by atoms with Gasteiger partial charge in [0.2, 0.25) is 0 Å². The zero-order valence-electron chi connectivity index (χ0n) is 15.1. The van der Waals surface area contributed by atoms with E-state index in [0.717, 1.165) is 25.7 Å². The predicted octanol–water partition coefficient (Wildman–Crippen LogP) is 4.56. The Bertz CT molecular complexity index is 407. The Morgan fingerprint density at radius 2 is 1.00 bits per heavy atom. The van der Waals surface area contributed by atoms with Crippen LogP contribution in [-0.4, -0.2) is 24.7 Å². The second-order valence-corrected chi connectivity index (χ2v) is 18.3. The first-order valence-electron chi connectivity index (χ1n) is 8.38. The molecule has 0 aliphatic heterocycles. The minimum atomic E-state index is -2.74. The summed E-state index contributed by atoms with van der Waals surface area (Å²) in [6.45, 7) is 0. The summed E-state index contributed by atoms with van der Waals surface area (Å²) < 4.78 is 10.7. The minimum absolute atomic E-state index is 0. The quantitative estimate of drug-likeness (QED) is 0.377. The number of rotatable bonds is 6. The van der Waals surface area contributed by atoms with Gasteiger partial charge in [-0.15, -0.1) is 22.8 Å². The van der Waals surface area contributed by atoms with Gasteiger partial charge in [0.1, 0.15) is 0 Å². The van der Waals surface area contributed by atoms with E-state index in [1.165, 1.54) is 61.3 Å². The van der Waals surface area contributed by atoms with Crippen molar-refractivity contribution in [2.75, 3.05) is 12.5 Å². The monoisotopic (exact) mass is 514 g/mol. The summed E-state index contributed by atoms with van der Waals surface area (Å²) in [6, 6.07) is 0. The molecule has 2 aliphatic carbocycles. The molecule has 11 heteroatoms. The average molecular weight is 516 g/mol. The molecule has 0 heterocycles. The van der Waals surface area contributed by atoms with Gasteiger partial charge in [-0.2, -0.15) is 0 Å². The molecule has 0 aromatic carbocycles. The molecule has 0 aromatic rings. The molecule has 0 N–H and O–H groups in total. The third-order valence-electron chi connectivity index (χ3n) is 4.11. The fourth-order valence-corrected chi connectivity index (χ4v) is 6.09. The van der Waals surface area contributed by atoms with Crippen LogP contribution in [0, 0.1) is 0 Å². The van der Waals surface area contributed by atoms with E-state index in [9.17, 15) is 9.79 Å². The third kappa shape index (κ3) is 13.3. The molecule has 4 nitrogen and oxygen atoms in total. The van der Waals surface area contributed by atoms with Crippen LogP contribution in [0.3, 0.4) is 0 Å². The van der Waals surface area contributed by atoms with Crippen LogP contribution in [0.15, 0.2) is 0 Å². The third-order valence-corrected chi connectivity index (χ3v) is 12.5. The number of hydrogen-bond acceptors (Lipinski definition) is 8. The van der Waals surface area contributed by atoms with Crippen molar-refractivity contribution < 1.29 is 38.3 Å². The molecule has 0 aromatic heterocycles. The molecular weight excluding hydrogens is 488 g/mol. The van der Waals surface area contributed by atoms with Crippen molar-refractivity contribution in [2.45, 2.75) is 76.4 Å². The summed E-state index contributed by atoms with van der Waals surface area (Å²) in [4.78, 5) is 22.8. The second-order valence-electron chi connectivity index (χ2n) is 5.99. The second kappa shape index (κ2) is 14.4. The first kappa shape index (κ1) is 27.5. The van der Waals surface area contributed by atoms with Crippen molar-refractivity contribution >= 4 is 57.8 Å². The molecule has 2 fully saturated rings. The van der Waals surface area contributed by atoms with Gasteiger partial charge in [-0.25, -0.2) is 0 Å². The standard InChI is InChI=1S/2C7H15O2PS2.Zn/c2*1-12-10(8,11)9-7-5-3-2-4-6-7;/h2*7H,2-6H2,1H3,(H,8,11);/q;;+2/p-2. The zero-order chi connectivity index (χ0) is 18.1. The molecule has 2 aliphatic rings. The Balaban J connectivity index is 0.000000443. The van der Waals surface area contributed by atoms with Gasteiger partial charge < -0.3 is 18.8 Å². The van der Waals surface area contributed by atoms with Crippen LogP contribution in [-0.2, 0) is 52.1 Å². The van der Waals surface area contributed by atoms with Gasteiger partial charge >= 0.3 is 19.5 Å². The van der Waals surface area contributed by atoms with Crippen LogP contribution in [0.1, 0.15) is 64.2 Å². The van der Waals surface area contributed by atoms with Crippen molar-refractivity contribution in [1.29, 1.82) is 0 Å². The molecule has 0 saturated heterocycles. The molecule has 0 radical (unpaired) electrons. The fourth-order valence-electron chi connectivity index (χ4n) is 2.79. The molecule has 2 rings (SSSR count). The maximum absolute atomic E-state index is 11.4. The zero-order valence-corrected chi connectivity index (χ0v) is 23.1. The van der Waals surface area contributed by atoms with Crippen LogP contribution in [0.4, 0.5) is 0 Å². The molecule has 2 saturated carbocycles. The predicted molar refractivity (Wildman–Crippen MR) is 112 cm³/mol. The summed E-state index contributed by atoms with van der Waals surface area (Å²) in [5, 5.41) is 0.